The molecule has 1 heterocycles. The fraction of sp³-hybridized carbons (Fsp3) is 0.320. The van der Waals surface area contributed by atoms with Gasteiger partial charge in [-0.1, -0.05) is 49.8 Å². The van der Waals surface area contributed by atoms with Crippen LogP contribution in [0.25, 0.3) is 0 Å². The lowest BCUT2D eigenvalue weighted by Crippen LogP contribution is -2.10. The second-order valence-electron chi connectivity index (χ2n) is 8.08. The van der Waals surface area contributed by atoms with E-state index in [2.05, 4.69) is 60.8 Å². The topological polar surface area (TPSA) is 56.5 Å². The summed E-state index contributed by atoms with van der Waals surface area (Å²) in [5.74, 6) is 5.44. The molecule has 1 aromatic heterocycles. The molecule has 0 atom stereocenters. The quantitative estimate of drug-likeness (QED) is 0.273. The van der Waals surface area contributed by atoms with E-state index in [0.717, 1.165) is 20.4 Å². The van der Waals surface area contributed by atoms with Crippen LogP contribution < -0.4 is 14.2 Å². The first-order valence-electron chi connectivity index (χ1n) is 10.2. The molecule has 32 heavy (non-hydrogen) atoms. The van der Waals surface area contributed by atoms with Gasteiger partial charge < -0.3 is 18.7 Å². The summed E-state index contributed by atoms with van der Waals surface area (Å²) in [7, 11) is 3.24. The van der Waals surface area contributed by atoms with Crippen LogP contribution in [0, 0.1) is 12.3 Å². The van der Waals surface area contributed by atoms with Crippen molar-refractivity contribution in [3.63, 3.8) is 0 Å². The van der Waals surface area contributed by atoms with E-state index in [1.807, 2.05) is 18.2 Å². The molecule has 0 bridgehead atoms. The van der Waals surface area contributed by atoms with Gasteiger partial charge in [0, 0.05) is 22.6 Å². The van der Waals surface area contributed by atoms with Crippen LogP contribution >= 0.6 is 23.7 Å². The van der Waals surface area contributed by atoms with E-state index >= 15 is 0 Å². The second-order valence-corrected chi connectivity index (χ2v) is 10.0. The van der Waals surface area contributed by atoms with Crippen LogP contribution in [0.4, 0.5) is 5.82 Å². The molecule has 0 saturated heterocycles. The average Bonchev–Trinajstić information content (AvgIpc) is 3.17. The van der Waals surface area contributed by atoms with Gasteiger partial charge in [-0.3, -0.25) is 0 Å². The number of terminal acetylenes is 1. The van der Waals surface area contributed by atoms with Crippen molar-refractivity contribution in [3.05, 3.63) is 53.8 Å². The summed E-state index contributed by atoms with van der Waals surface area (Å²) in [6, 6.07) is 14.3. The number of ether oxygens (including phenoxy) is 2. The summed E-state index contributed by atoms with van der Waals surface area (Å²) in [6.07, 6.45) is 6.66. The van der Waals surface area contributed by atoms with Crippen LogP contribution in [0.1, 0.15) is 38.5 Å². The number of nitrogens with one attached hydrogen (secondary N) is 1. The maximum absolute atomic E-state index is 5.63. The van der Waals surface area contributed by atoms with E-state index in [1.54, 1.807) is 26.0 Å². The molecule has 0 aliphatic carbocycles. The molecular formula is C25H28N2O3S2. The van der Waals surface area contributed by atoms with Gasteiger partial charge in [0.05, 0.1) is 14.2 Å². The van der Waals surface area contributed by atoms with Crippen LogP contribution in [0.3, 0.4) is 0 Å². The molecular weight excluding hydrogens is 440 g/mol. The number of hydrogen-bond acceptors (Lipinski definition) is 7. The van der Waals surface area contributed by atoms with E-state index in [9.17, 15) is 0 Å². The third-order valence-electron chi connectivity index (χ3n) is 4.77. The number of hydrogen-bond donors (Lipinski definition) is 1. The van der Waals surface area contributed by atoms with Crippen molar-refractivity contribution in [1.29, 1.82) is 0 Å². The predicted molar refractivity (Wildman–Crippen MR) is 132 cm³/mol. The second kappa shape index (κ2) is 10.8. The smallest absolute Gasteiger partial charge is 0.193 e. The van der Waals surface area contributed by atoms with Crippen LogP contribution in [0.15, 0.2) is 61.7 Å². The Hall–Kier alpha value is -2.69. The molecule has 168 valence electrons. The maximum atomic E-state index is 5.63. The van der Waals surface area contributed by atoms with Gasteiger partial charge >= 0.3 is 0 Å². The minimum absolute atomic E-state index is 0.123. The molecule has 0 fully saturated rings. The van der Waals surface area contributed by atoms with Crippen molar-refractivity contribution >= 4 is 29.5 Å². The summed E-state index contributed by atoms with van der Waals surface area (Å²) in [5.41, 5.74) is 1.42. The molecule has 1 N–H and O–H groups in total. The predicted octanol–water partition coefficient (Wildman–Crippen LogP) is 6.83. The van der Waals surface area contributed by atoms with E-state index in [4.69, 9.17) is 20.4 Å². The van der Waals surface area contributed by atoms with Crippen LogP contribution in [-0.2, 0) is 11.8 Å². The Balaban J connectivity index is 1.81. The van der Waals surface area contributed by atoms with E-state index in [1.165, 1.54) is 17.5 Å². The lowest BCUT2D eigenvalue weighted by molar-refractivity contribution is 0.354. The zero-order chi connectivity index (χ0) is 23.1. The van der Waals surface area contributed by atoms with E-state index in [0.29, 0.717) is 30.2 Å². The molecule has 0 spiro atoms. The monoisotopic (exact) mass is 468 g/mol. The van der Waals surface area contributed by atoms with Crippen molar-refractivity contribution in [2.75, 3.05) is 18.9 Å². The normalized spacial score (nSPS) is 11.1. The van der Waals surface area contributed by atoms with Crippen LogP contribution in [-0.4, -0.2) is 19.4 Å². The summed E-state index contributed by atoms with van der Waals surface area (Å²) in [5, 5.41) is 4.26. The Kier molecular flexibility index (Phi) is 8.05. The van der Waals surface area contributed by atoms with Gasteiger partial charge in [0.15, 0.2) is 23.1 Å². The van der Waals surface area contributed by atoms with Gasteiger partial charge in [0.25, 0.3) is 0 Å². The Bertz CT molecular complexity index is 1080. The number of aryl methyl sites for hydroxylation is 1. The number of rotatable bonds is 9. The molecule has 0 aliphatic rings. The number of methoxy groups -OCH3 is 2. The minimum Gasteiger partial charge on any atom is -0.493 e. The molecule has 2 aromatic carbocycles. The van der Waals surface area contributed by atoms with Crippen LogP contribution in [0.5, 0.6) is 11.5 Å². The maximum Gasteiger partial charge on any atom is 0.193 e. The Morgan fingerprint density at radius 1 is 1.03 bits per heavy atom. The van der Waals surface area contributed by atoms with E-state index in [-0.39, 0.29) is 5.41 Å². The summed E-state index contributed by atoms with van der Waals surface area (Å²) >= 11 is 3.05. The lowest BCUT2D eigenvalue weighted by atomic mass is 9.87. The molecule has 0 amide bonds. The first kappa shape index (κ1) is 24.0. The SMILES string of the molecule is C#CCCc1onc(NSc2ccc(C(C)(C)C)cc2)c1Sc1ccc(OC)c(OC)c1. The molecule has 0 radical (unpaired) electrons. The van der Waals surface area contributed by atoms with Crippen molar-refractivity contribution in [2.45, 2.75) is 53.7 Å². The van der Waals surface area contributed by atoms with Crippen molar-refractivity contribution in [2.24, 2.45) is 0 Å². The van der Waals surface area contributed by atoms with Gasteiger partial charge in [0.1, 0.15) is 4.90 Å². The summed E-state index contributed by atoms with van der Waals surface area (Å²) < 4.78 is 19.7. The fourth-order valence-corrected chi connectivity index (χ4v) is 4.63. The van der Waals surface area contributed by atoms with Crippen molar-refractivity contribution in [1.82, 2.24) is 5.16 Å². The van der Waals surface area contributed by atoms with Gasteiger partial charge in [-0.25, -0.2) is 0 Å². The molecule has 3 rings (SSSR count). The van der Waals surface area contributed by atoms with Crippen molar-refractivity contribution in [3.8, 4) is 23.8 Å². The highest BCUT2D eigenvalue weighted by atomic mass is 32.2. The Morgan fingerprint density at radius 2 is 1.72 bits per heavy atom. The highest BCUT2D eigenvalue weighted by Crippen LogP contribution is 2.41. The molecule has 7 heteroatoms. The molecule has 3 aromatic rings. The summed E-state index contributed by atoms with van der Waals surface area (Å²) in [6.45, 7) is 6.62. The lowest BCUT2D eigenvalue weighted by Gasteiger charge is -2.19. The zero-order valence-corrected chi connectivity index (χ0v) is 20.7. The zero-order valence-electron chi connectivity index (χ0n) is 19.0. The third-order valence-corrected chi connectivity index (χ3v) is 6.69. The third kappa shape index (κ3) is 5.96. The summed E-state index contributed by atoms with van der Waals surface area (Å²) in [4.78, 5) is 2.98. The van der Waals surface area contributed by atoms with Gasteiger partial charge in [-0.2, -0.15) is 0 Å². The standard InChI is InChI=1S/C25H28N2O3S2/c1-7-8-9-21-23(31-19-14-15-20(28-5)22(16-19)29-6)24(26-30-21)27-32-18-12-10-17(11-13-18)25(2,3)4/h1,10-16H,8-9H2,2-6H3,(H,26,27). The van der Waals surface area contributed by atoms with Crippen LogP contribution in [0.2, 0.25) is 0 Å². The van der Waals surface area contributed by atoms with E-state index < -0.39 is 0 Å². The largest absolute Gasteiger partial charge is 0.493 e. The first-order valence-corrected chi connectivity index (χ1v) is 11.8. The van der Waals surface area contributed by atoms with Gasteiger partial charge in [-0.15, -0.1) is 12.3 Å². The fourth-order valence-electron chi connectivity index (χ4n) is 2.96. The van der Waals surface area contributed by atoms with Crippen molar-refractivity contribution < 1.29 is 14.0 Å². The minimum atomic E-state index is 0.123. The number of aromatic nitrogens is 1. The first-order chi connectivity index (χ1) is 15.4. The number of benzene rings is 2. The molecule has 0 aliphatic heterocycles. The van der Waals surface area contributed by atoms with Gasteiger partial charge in [-0.05, 0) is 53.3 Å². The number of nitrogens with zero attached hydrogens (tertiary/aromatic N) is 1. The highest BCUT2D eigenvalue weighted by Gasteiger charge is 2.19. The number of anilines is 1. The van der Waals surface area contributed by atoms with Gasteiger partial charge in [0.2, 0.25) is 0 Å². The Labute approximate surface area is 198 Å². The average molecular weight is 469 g/mol. The Morgan fingerprint density at radius 3 is 2.34 bits per heavy atom. The highest BCUT2D eigenvalue weighted by molar-refractivity contribution is 8.01. The molecule has 5 nitrogen and oxygen atoms in total. The molecule has 0 unspecified atom stereocenters. The molecule has 0 saturated carbocycles.